The van der Waals surface area contributed by atoms with Crippen molar-refractivity contribution in [2.24, 2.45) is 0 Å². The minimum absolute atomic E-state index is 0.292. The number of hydrogen-bond donors (Lipinski definition) is 1. The molecule has 1 aromatic heterocycles. The predicted molar refractivity (Wildman–Crippen MR) is 100 cm³/mol. The maximum atomic E-state index is 11.6. The Labute approximate surface area is 146 Å². The molecule has 1 aliphatic rings. The van der Waals surface area contributed by atoms with E-state index < -0.39 is 5.97 Å². The van der Waals surface area contributed by atoms with Crippen LogP contribution in [0.4, 0.5) is 5.69 Å². The first-order valence-corrected chi connectivity index (χ1v) is 8.71. The highest BCUT2D eigenvalue weighted by Gasteiger charge is 2.14. The normalized spacial score (nSPS) is 14.6. The molecule has 4 rings (SSSR count). The van der Waals surface area contributed by atoms with E-state index in [9.17, 15) is 9.90 Å². The molecule has 1 fully saturated rings. The van der Waals surface area contributed by atoms with Crippen LogP contribution < -0.4 is 4.90 Å². The van der Waals surface area contributed by atoms with Gasteiger partial charge in [-0.1, -0.05) is 30.3 Å². The molecule has 0 unspecified atom stereocenters. The lowest BCUT2D eigenvalue weighted by atomic mass is 10.0. The van der Waals surface area contributed by atoms with Crippen molar-refractivity contribution in [2.45, 2.75) is 19.3 Å². The van der Waals surface area contributed by atoms with Crippen molar-refractivity contribution in [2.75, 3.05) is 18.0 Å². The van der Waals surface area contributed by atoms with Crippen LogP contribution in [0.2, 0.25) is 0 Å². The number of aromatic nitrogens is 1. The minimum atomic E-state index is -0.926. The van der Waals surface area contributed by atoms with Gasteiger partial charge >= 0.3 is 5.97 Å². The number of nitrogens with zero attached hydrogens (tertiary/aromatic N) is 2. The van der Waals surface area contributed by atoms with Crippen molar-refractivity contribution in [3.05, 3.63) is 60.2 Å². The molecule has 0 bridgehead atoms. The monoisotopic (exact) mass is 332 g/mol. The number of carboxylic acids is 1. The maximum absolute atomic E-state index is 11.6. The van der Waals surface area contributed by atoms with E-state index in [0.717, 1.165) is 18.7 Å². The summed E-state index contributed by atoms with van der Waals surface area (Å²) < 4.78 is 0. The number of hydrogen-bond acceptors (Lipinski definition) is 3. The van der Waals surface area contributed by atoms with Crippen molar-refractivity contribution < 1.29 is 9.90 Å². The molecule has 4 heteroatoms. The zero-order valence-corrected chi connectivity index (χ0v) is 14.0. The fourth-order valence-corrected chi connectivity index (χ4v) is 3.50. The number of pyridine rings is 1. The Bertz CT molecular complexity index is 913. The van der Waals surface area contributed by atoms with Gasteiger partial charge in [0.25, 0.3) is 0 Å². The molecular weight excluding hydrogens is 312 g/mol. The number of piperidine rings is 1. The SMILES string of the molecule is O=C(O)c1cc(-c2ccc(N3CCCCC3)cc2)nc2ccccc12. The lowest BCUT2D eigenvalue weighted by Crippen LogP contribution is -2.29. The van der Waals surface area contributed by atoms with Gasteiger partial charge in [0.15, 0.2) is 0 Å². The second kappa shape index (κ2) is 6.55. The van der Waals surface area contributed by atoms with E-state index in [0.29, 0.717) is 22.2 Å². The summed E-state index contributed by atoms with van der Waals surface area (Å²) in [4.78, 5) is 18.7. The molecule has 0 radical (unpaired) electrons. The Morgan fingerprint density at radius 2 is 1.68 bits per heavy atom. The van der Waals surface area contributed by atoms with E-state index in [2.05, 4.69) is 22.0 Å². The fraction of sp³-hybridized carbons (Fsp3) is 0.238. The van der Waals surface area contributed by atoms with Crippen LogP contribution in [0.3, 0.4) is 0 Å². The molecular formula is C21H20N2O2. The van der Waals surface area contributed by atoms with Crippen LogP contribution in [0.15, 0.2) is 54.6 Å². The van der Waals surface area contributed by atoms with E-state index >= 15 is 0 Å². The summed E-state index contributed by atoms with van der Waals surface area (Å²) >= 11 is 0. The number of rotatable bonds is 3. The van der Waals surface area contributed by atoms with Gasteiger partial charge in [0.1, 0.15) is 0 Å². The molecule has 0 aliphatic carbocycles. The number of anilines is 1. The Kier molecular flexibility index (Phi) is 4.10. The van der Waals surface area contributed by atoms with Crippen molar-refractivity contribution in [3.8, 4) is 11.3 Å². The summed E-state index contributed by atoms with van der Waals surface area (Å²) in [6, 6.07) is 17.3. The topological polar surface area (TPSA) is 53.4 Å². The third-order valence-electron chi connectivity index (χ3n) is 4.83. The molecule has 0 spiro atoms. The van der Waals surface area contributed by atoms with Crippen LogP contribution in [0.25, 0.3) is 22.2 Å². The molecule has 0 amide bonds. The highest BCUT2D eigenvalue weighted by Crippen LogP contribution is 2.27. The molecule has 1 saturated heterocycles. The third-order valence-corrected chi connectivity index (χ3v) is 4.83. The van der Waals surface area contributed by atoms with Crippen LogP contribution in [-0.2, 0) is 0 Å². The summed E-state index contributed by atoms with van der Waals surface area (Å²) in [5, 5.41) is 10.2. The Morgan fingerprint density at radius 1 is 0.960 bits per heavy atom. The maximum Gasteiger partial charge on any atom is 0.336 e. The highest BCUT2D eigenvalue weighted by atomic mass is 16.4. The fourth-order valence-electron chi connectivity index (χ4n) is 3.50. The van der Waals surface area contributed by atoms with Crippen molar-refractivity contribution >= 4 is 22.6 Å². The van der Waals surface area contributed by atoms with Gasteiger partial charge in [0, 0.05) is 29.7 Å². The van der Waals surface area contributed by atoms with Gasteiger partial charge in [-0.3, -0.25) is 0 Å². The number of fused-ring (bicyclic) bond motifs is 1. The molecule has 3 aromatic rings. The van der Waals surface area contributed by atoms with Crippen LogP contribution >= 0.6 is 0 Å². The zero-order chi connectivity index (χ0) is 17.2. The largest absolute Gasteiger partial charge is 0.478 e. The number of carboxylic acid groups (broad SMARTS) is 1. The molecule has 0 atom stereocenters. The van der Waals surface area contributed by atoms with Gasteiger partial charge in [0.2, 0.25) is 0 Å². The second-order valence-corrected chi connectivity index (χ2v) is 6.47. The first-order chi connectivity index (χ1) is 12.2. The molecule has 0 saturated carbocycles. The van der Waals surface area contributed by atoms with Crippen LogP contribution in [0, 0.1) is 0 Å². The predicted octanol–water partition coefficient (Wildman–Crippen LogP) is 4.59. The molecule has 25 heavy (non-hydrogen) atoms. The van der Waals surface area contributed by atoms with E-state index in [1.54, 1.807) is 12.1 Å². The quantitative estimate of drug-likeness (QED) is 0.762. The zero-order valence-electron chi connectivity index (χ0n) is 14.0. The van der Waals surface area contributed by atoms with E-state index in [4.69, 9.17) is 0 Å². The van der Waals surface area contributed by atoms with Gasteiger partial charge in [0.05, 0.1) is 16.8 Å². The average Bonchev–Trinajstić information content (AvgIpc) is 2.68. The standard InChI is InChI=1S/C21H20N2O2/c24-21(25)18-14-20(22-19-7-3-2-6-17(18)19)15-8-10-16(11-9-15)23-12-4-1-5-13-23/h2-3,6-11,14H,1,4-5,12-13H2,(H,24,25). The number of benzene rings is 2. The molecule has 1 N–H and O–H groups in total. The first-order valence-electron chi connectivity index (χ1n) is 8.71. The van der Waals surface area contributed by atoms with Crippen molar-refractivity contribution in [3.63, 3.8) is 0 Å². The summed E-state index contributed by atoms with van der Waals surface area (Å²) in [6.45, 7) is 2.22. The lowest BCUT2D eigenvalue weighted by molar-refractivity contribution is 0.0699. The average molecular weight is 332 g/mol. The highest BCUT2D eigenvalue weighted by molar-refractivity contribution is 6.03. The summed E-state index contributed by atoms with van der Waals surface area (Å²) in [5.74, 6) is -0.926. The van der Waals surface area contributed by atoms with Crippen LogP contribution in [-0.4, -0.2) is 29.1 Å². The van der Waals surface area contributed by atoms with E-state index in [-0.39, 0.29) is 0 Å². The van der Waals surface area contributed by atoms with E-state index in [1.807, 2.05) is 30.3 Å². The number of aromatic carboxylic acids is 1. The molecule has 126 valence electrons. The van der Waals surface area contributed by atoms with Crippen LogP contribution in [0.5, 0.6) is 0 Å². The number of carbonyl (C=O) groups is 1. The number of para-hydroxylation sites is 1. The first kappa shape index (κ1) is 15.6. The van der Waals surface area contributed by atoms with Gasteiger partial charge in [-0.2, -0.15) is 0 Å². The van der Waals surface area contributed by atoms with Crippen LogP contribution in [0.1, 0.15) is 29.6 Å². The minimum Gasteiger partial charge on any atom is -0.478 e. The third kappa shape index (κ3) is 3.07. The van der Waals surface area contributed by atoms with Gasteiger partial charge in [-0.15, -0.1) is 0 Å². The summed E-state index contributed by atoms with van der Waals surface area (Å²) in [5.41, 5.74) is 3.86. The van der Waals surface area contributed by atoms with Crippen molar-refractivity contribution in [1.82, 2.24) is 4.98 Å². The Balaban J connectivity index is 1.72. The molecule has 2 heterocycles. The smallest absolute Gasteiger partial charge is 0.336 e. The van der Waals surface area contributed by atoms with Crippen molar-refractivity contribution in [1.29, 1.82) is 0 Å². The Morgan fingerprint density at radius 3 is 2.40 bits per heavy atom. The Hall–Kier alpha value is -2.88. The second-order valence-electron chi connectivity index (χ2n) is 6.47. The van der Waals surface area contributed by atoms with Gasteiger partial charge in [-0.25, -0.2) is 9.78 Å². The summed E-state index contributed by atoms with van der Waals surface area (Å²) in [6.07, 6.45) is 3.81. The summed E-state index contributed by atoms with van der Waals surface area (Å²) in [7, 11) is 0. The molecule has 1 aliphatic heterocycles. The molecule has 4 nitrogen and oxygen atoms in total. The van der Waals surface area contributed by atoms with Gasteiger partial charge < -0.3 is 10.0 Å². The molecule has 2 aromatic carbocycles. The van der Waals surface area contributed by atoms with Gasteiger partial charge in [-0.05, 0) is 43.5 Å². The van der Waals surface area contributed by atoms with E-state index in [1.165, 1.54) is 24.9 Å². The lowest BCUT2D eigenvalue weighted by Gasteiger charge is -2.28.